The van der Waals surface area contributed by atoms with Crippen LogP contribution in [0.2, 0.25) is 5.02 Å². The van der Waals surface area contributed by atoms with Crippen molar-refractivity contribution in [2.24, 2.45) is 0 Å². The van der Waals surface area contributed by atoms with E-state index in [9.17, 15) is 8.78 Å². The predicted octanol–water partition coefficient (Wildman–Crippen LogP) is 4.93. The van der Waals surface area contributed by atoms with Crippen LogP contribution in [-0.4, -0.2) is 6.54 Å². The molecule has 0 fully saturated rings. The monoisotopic (exact) mass is 309 g/mol. The molecule has 2 aromatic rings. The second-order valence-electron chi connectivity index (χ2n) is 5.04. The number of nitrogens with one attached hydrogen (secondary N) is 1. The van der Waals surface area contributed by atoms with Crippen LogP contribution in [0.25, 0.3) is 0 Å². The summed E-state index contributed by atoms with van der Waals surface area (Å²) in [5, 5.41) is 3.82. The van der Waals surface area contributed by atoms with E-state index in [1.54, 1.807) is 25.1 Å². The first-order valence-corrected chi connectivity index (χ1v) is 7.28. The van der Waals surface area contributed by atoms with E-state index in [-0.39, 0.29) is 0 Å². The Labute approximate surface area is 128 Å². The maximum atomic E-state index is 14.3. The largest absolute Gasteiger partial charge is 0.306 e. The van der Waals surface area contributed by atoms with E-state index >= 15 is 0 Å². The third-order valence-electron chi connectivity index (χ3n) is 3.65. The Bertz CT molecular complexity index is 655. The number of hydrogen-bond acceptors (Lipinski definition) is 1. The highest BCUT2D eigenvalue weighted by atomic mass is 35.5. The molecule has 1 unspecified atom stereocenters. The van der Waals surface area contributed by atoms with Crippen molar-refractivity contribution in [2.45, 2.75) is 26.8 Å². The molecule has 1 N–H and O–H groups in total. The van der Waals surface area contributed by atoms with Crippen molar-refractivity contribution in [3.63, 3.8) is 0 Å². The molecule has 0 heterocycles. The van der Waals surface area contributed by atoms with Gasteiger partial charge in [-0.2, -0.15) is 0 Å². The topological polar surface area (TPSA) is 12.0 Å². The zero-order chi connectivity index (χ0) is 15.6. The van der Waals surface area contributed by atoms with Gasteiger partial charge < -0.3 is 5.32 Å². The van der Waals surface area contributed by atoms with Gasteiger partial charge >= 0.3 is 0 Å². The Balaban J connectivity index is 2.59. The normalized spacial score (nSPS) is 12.5. The fourth-order valence-electron chi connectivity index (χ4n) is 2.41. The van der Waals surface area contributed by atoms with Crippen molar-refractivity contribution in [3.8, 4) is 0 Å². The molecule has 0 amide bonds. The summed E-state index contributed by atoms with van der Waals surface area (Å²) in [6, 6.07) is 8.28. The van der Waals surface area contributed by atoms with Gasteiger partial charge in [-0.1, -0.05) is 42.8 Å². The van der Waals surface area contributed by atoms with Gasteiger partial charge in [0.05, 0.1) is 6.04 Å². The van der Waals surface area contributed by atoms with E-state index in [4.69, 9.17) is 11.6 Å². The minimum absolute atomic E-state index is 0.297. The number of benzene rings is 2. The molecule has 0 aromatic heterocycles. The Kier molecular flexibility index (Phi) is 4.96. The summed E-state index contributed by atoms with van der Waals surface area (Å²) in [6.45, 7) is 5.99. The summed E-state index contributed by atoms with van der Waals surface area (Å²) in [4.78, 5) is 0. The lowest BCUT2D eigenvalue weighted by molar-refractivity contribution is 0.478. The Morgan fingerprint density at radius 2 is 1.76 bits per heavy atom. The molecule has 2 rings (SSSR count). The molecule has 0 saturated carbocycles. The van der Waals surface area contributed by atoms with Crippen LogP contribution in [-0.2, 0) is 0 Å². The molecule has 0 radical (unpaired) electrons. The lowest BCUT2D eigenvalue weighted by Crippen LogP contribution is -2.24. The van der Waals surface area contributed by atoms with Gasteiger partial charge in [0.25, 0.3) is 0 Å². The van der Waals surface area contributed by atoms with Gasteiger partial charge in [-0.3, -0.25) is 0 Å². The maximum absolute atomic E-state index is 14.3. The van der Waals surface area contributed by atoms with E-state index < -0.39 is 17.7 Å². The highest BCUT2D eigenvalue weighted by Gasteiger charge is 2.22. The van der Waals surface area contributed by atoms with Crippen molar-refractivity contribution in [3.05, 3.63) is 69.2 Å². The van der Waals surface area contributed by atoms with Crippen LogP contribution in [0.15, 0.2) is 30.3 Å². The van der Waals surface area contributed by atoms with Crippen LogP contribution in [0.5, 0.6) is 0 Å². The number of aryl methyl sites for hydroxylation is 1. The van der Waals surface area contributed by atoms with Crippen LogP contribution in [0, 0.1) is 25.5 Å². The minimum Gasteiger partial charge on any atom is -0.306 e. The number of halogens is 3. The van der Waals surface area contributed by atoms with Crippen molar-refractivity contribution < 1.29 is 8.78 Å². The molecule has 0 aliphatic heterocycles. The molecule has 0 bridgehead atoms. The second kappa shape index (κ2) is 6.54. The van der Waals surface area contributed by atoms with E-state index in [0.29, 0.717) is 22.7 Å². The van der Waals surface area contributed by atoms with Gasteiger partial charge in [0, 0.05) is 10.6 Å². The van der Waals surface area contributed by atoms with Gasteiger partial charge in [-0.15, -0.1) is 0 Å². The highest BCUT2D eigenvalue weighted by molar-refractivity contribution is 6.31. The Hall–Kier alpha value is -1.45. The van der Waals surface area contributed by atoms with Crippen LogP contribution in [0.4, 0.5) is 8.78 Å². The second-order valence-corrected chi connectivity index (χ2v) is 5.45. The molecule has 21 heavy (non-hydrogen) atoms. The molecule has 2 aromatic carbocycles. The SMILES string of the molecule is CCNC(c1cccc(Cl)c1C)c1ccc(C)c(F)c1F. The summed E-state index contributed by atoms with van der Waals surface area (Å²) < 4.78 is 28.2. The molecular formula is C17H18ClF2N. The lowest BCUT2D eigenvalue weighted by atomic mass is 9.93. The van der Waals surface area contributed by atoms with Gasteiger partial charge in [-0.25, -0.2) is 8.78 Å². The first-order chi connectivity index (χ1) is 9.97. The molecule has 0 saturated heterocycles. The quantitative estimate of drug-likeness (QED) is 0.844. The van der Waals surface area contributed by atoms with E-state index in [2.05, 4.69) is 5.32 Å². The van der Waals surface area contributed by atoms with E-state index in [1.165, 1.54) is 0 Å². The van der Waals surface area contributed by atoms with Crippen LogP contribution in [0.3, 0.4) is 0 Å². The summed E-state index contributed by atoms with van der Waals surface area (Å²) >= 11 is 6.15. The van der Waals surface area contributed by atoms with Crippen LogP contribution < -0.4 is 5.32 Å². The van der Waals surface area contributed by atoms with Gasteiger partial charge in [0.1, 0.15) is 0 Å². The standard InChI is InChI=1S/C17H18ClF2N/c1-4-21-17(12-6-5-7-14(18)11(12)3)13-9-8-10(2)15(19)16(13)20/h5-9,17,21H,4H2,1-3H3. The van der Waals surface area contributed by atoms with Crippen LogP contribution in [0.1, 0.15) is 35.2 Å². The first-order valence-electron chi connectivity index (χ1n) is 6.90. The van der Waals surface area contributed by atoms with Crippen molar-refractivity contribution in [1.29, 1.82) is 0 Å². The highest BCUT2D eigenvalue weighted by Crippen LogP contribution is 2.31. The van der Waals surface area contributed by atoms with Gasteiger partial charge in [0.2, 0.25) is 0 Å². The molecule has 0 spiro atoms. The summed E-state index contributed by atoms with van der Waals surface area (Å²) in [5.41, 5.74) is 2.32. The maximum Gasteiger partial charge on any atom is 0.164 e. The third-order valence-corrected chi connectivity index (χ3v) is 4.05. The van der Waals surface area contributed by atoms with Crippen molar-refractivity contribution in [2.75, 3.05) is 6.54 Å². The van der Waals surface area contributed by atoms with Gasteiger partial charge in [-0.05, 0) is 43.1 Å². The molecule has 4 heteroatoms. The Morgan fingerprint density at radius 1 is 1.05 bits per heavy atom. The summed E-state index contributed by atoms with van der Waals surface area (Å²) in [7, 11) is 0. The molecular weight excluding hydrogens is 292 g/mol. The average Bonchev–Trinajstić information content (AvgIpc) is 2.46. The smallest absolute Gasteiger partial charge is 0.164 e. The minimum atomic E-state index is -0.805. The van der Waals surface area contributed by atoms with E-state index in [1.807, 2.05) is 26.0 Å². The van der Waals surface area contributed by atoms with Gasteiger partial charge in [0.15, 0.2) is 11.6 Å². The zero-order valence-corrected chi connectivity index (χ0v) is 13.1. The van der Waals surface area contributed by atoms with Crippen molar-refractivity contribution >= 4 is 11.6 Å². The number of rotatable bonds is 4. The number of hydrogen-bond donors (Lipinski definition) is 1. The average molecular weight is 310 g/mol. The summed E-state index contributed by atoms with van der Waals surface area (Å²) in [5.74, 6) is -1.60. The molecule has 0 aliphatic carbocycles. The zero-order valence-electron chi connectivity index (χ0n) is 12.3. The Morgan fingerprint density at radius 3 is 2.43 bits per heavy atom. The van der Waals surface area contributed by atoms with Crippen LogP contribution >= 0.6 is 11.6 Å². The molecule has 1 atom stereocenters. The van der Waals surface area contributed by atoms with E-state index in [0.717, 1.165) is 11.1 Å². The molecule has 0 aliphatic rings. The predicted molar refractivity (Wildman–Crippen MR) is 82.8 cm³/mol. The molecule has 1 nitrogen and oxygen atoms in total. The van der Waals surface area contributed by atoms with Crippen molar-refractivity contribution in [1.82, 2.24) is 5.32 Å². The fraction of sp³-hybridized carbons (Fsp3) is 0.294. The fourth-order valence-corrected chi connectivity index (χ4v) is 2.59. The first kappa shape index (κ1) is 15.9. The lowest BCUT2D eigenvalue weighted by Gasteiger charge is -2.22. The molecule has 112 valence electrons. The summed E-state index contributed by atoms with van der Waals surface area (Å²) in [6.07, 6.45) is 0. The third kappa shape index (κ3) is 3.09.